The van der Waals surface area contributed by atoms with Crippen molar-refractivity contribution in [3.63, 3.8) is 0 Å². The van der Waals surface area contributed by atoms with Crippen LogP contribution in [-0.2, 0) is 13.5 Å². The summed E-state index contributed by atoms with van der Waals surface area (Å²) in [6, 6.07) is 18.1. The van der Waals surface area contributed by atoms with Gasteiger partial charge in [0.2, 0.25) is 0 Å². The molecule has 0 spiro atoms. The molecule has 0 aliphatic carbocycles. The van der Waals surface area contributed by atoms with E-state index < -0.39 is 0 Å². The van der Waals surface area contributed by atoms with Gasteiger partial charge in [-0.05, 0) is 31.8 Å². The second-order valence-corrected chi connectivity index (χ2v) is 7.36. The van der Waals surface area contributed by atoms with Gasteiger partial charge in [-0.15, -0.1) is 0 Å². The zero-order valence-corrected chi connectivity index (χ0v) is 17.1. The molecule has 0 bridgehead atoms. The molecule has 0 aliphatic rings. The van der Waals surface area contributed by atoms with E-state index >= 15 is 0 Å². The summed E-state index contributed by atoms with van der Waals surface area (Å²) in [6.45, 7) is 1.31. The zero-order chi connectivity index (χ0) is 20.1. The number of imidazole rings is 1. The van der Waals surface area contributed by atoms with Gasteiger partial charge in [0.25, 0.3) is 0 Å². The topological polar surface area (TPSA) is 53.4 Å². The van der Waals surface area contributed by atoms with Gasteiger partial charge in [-0.2, -0.15) is 0 Å². The maximum absolute atomic E-state index is 12.8. The molecule has 6 nitrogen and oxygen atoms in total. The van der Waals surface area contributed by atoms with E-state index in [1.165, 1.54) is 0 Å². The number of likely N-dealkylation sites (N-methyl/N-ethyl adjacent to an activating group) is 2. The second kappa shape index (κ2) is 8.89. The van der Waals surface area contributed by atoms with Gasteiger partial charge < -0.3 is 19.7 Å². The van der Waals surface area contributed by atoms with Crippen molar-refractivity contribution in [2.45, 2.75) is 12.5 Å². The summed E-state index contributed by atoms with van der Waals surface area (Å²) in [6.07, 6.45) is 0.689. The van der Waals surface area contributed by atoms with E-state index in [2.05, 4.69) is 38.0 Å². The number of urea groups is 1. The lowest BCUT2D eigenvalue weighted by molar-refractivity contribution is 0.176. The lowest BCUT2D eigenvalue weighted by atomic mass is 10.1. The fourth-order valence-corrected chi connectivity index (χ4v) is 3.44. The van der Waals surface area contributed by atoms with E-state index in [1.54, 1.807) is 4.90 Å². The molecule has 1 atom stereocenters. The molecule has 1 aromatic heterocycles. The fraction of sp³-hybridized carbons (Fsp3) is 0.364. The summed E-state index contributed by atoms with van der Waals surface area (Å²) in [7, 11) is 7.91. The minimum atomic E-state index is -0.0746. The van der Waals surface area contributed by atoms with Crippen molar-refractivity contribution in [2.24, 2.45) is 7.05 Å². The first-order chi connectivity index (χ1) is 13.5. The lowest BCUT2D eigenvalue weighted by Gasteiger charge is -2.31. The Morgan fingerprint density at radius 1 is 1.07 bits per heavy atom. The molecule has 28 heavy (non-hydrogen) atoms. The fourth-order valence-electron chi connectivity index (χ4n) is 3.44. The van der Waals surface area contributed by atoms with Crippen molar-refractivity contribution < 1.29 is 4.79 Å². The summed E-state index contributed by atoms with van der Waals surface area (Å²) in [4.78, 5) is 21.3. The van der Waals surface area contributed by atoms with Crippen LogP contribution in [0.25, 0.3) is 11.0 Å². The number of nitrogens with zero attached hydrogens (tertiary/aromatic N) is 4. The summed E-state index contributed by atoms with van der Waals surface area (Å²) in [5.41, 5.74) is 3.22. The second-order valence-electron chi connectivity index (χ2n) is 7.36. The quantitative estimate of drug-likeness (QED) is 0.686. The van der Waals surface area contributed by atoms with Gasteiger partial charge in [0.15, 0.2) is 0 Å². The number of nitrogens with one attached hydrogen (secondary N) is 1. The molecule has 3 rings (SSSR count). The van der Waals surface area contributed by atoms with Crippen LogP contribution in [0, 0.1) is 0 Å². The van der Waals surface area contributed by atoms with Gasteiger partial charge in [-0.25, -0.2) is 9.78 Å². The number of para-hydroxylation sites is 2. The third-order valence-electron chi connectivity index (χ3n) is 5.01. The molecule has 0 radical (unpaired) electrons. The average Bonchev–Trinajstić information content (AvgIpc) is 3.02. The number of carbonyl (C=O) groups excluding carboxylic acids is 1. The highest BCUT2D eigenvalue weighted by atomic mass is 16.2. The highest BCUT2D eigenvalue weighted by Gasteiger charge is 2.22. The highest BCUT2D eigenvalue weighted by Crippen LogP contribution is 2.20. The van der Waals surface area contributed by atoms with E-state index in [-0.39, 0.29) is 12.1 Å². The van der Waals surface area contributed by atoms with Gasteiger partial charge in [0.05, 0.1) is 17.1 Å². The smallest absolute Gasteiger partial charge is 0.317 e. The molecule has 148 valence electrons. The molecule has 0 fully saturated rings. The van der Waals surface area contributed by atoms with Crippen molar-refractivity contribution in [3.8, 4) is 0 Å². The molecule has 1 heterocycles. The number of benzene rings is 2. The number of amides is 2. The maximum Gasteiger partial charge on any atom is 0.317 e. The third-order valence-corrected chi connectivity index (χ3v) is 5.01. The van der Waals surface area contributed by atoms with E-state index in [9.17, 15) is 4.79 Å². The SMILES string of the molecule is CN(C)C[C@H](c1ccccc1)N(C)C(=O)NCCc1nc2ccccc2n1C. The summed E-state index contributed by atoms with van der Waals surface area (Å²) >= 11 is 0. The molecule has 0 unspecified atom stereocenters. The van der Waals surface area contributed by atoms with Gasteiger partial charge in [-0.3, -0.25) is 0 Å². The van der Waals surface area contributed by atoms with Crippen molar-refractivity contribution in [2.75, 3.05) is 34.2 Å². The molecule has 2 amide bonds. The minimum Gasteiger partial charge on any atom is -0.338 e. The molecule has 0 aliphatic heterocycles. The van der Waals surface area contributed by atoms with Crippen LogP contribution in [0.5, 0.6) is 0 Å². The van der Waals surface area contributed by atoms with Crippen LogP contribution in [0.4, 0.5) is 4.79 Å². The number of carbonyl (C=O) groups is 1. The largest absolute Gasteiger partial charge is 0.338 e. The Kier molecular flexibility index (Phi) is 6.31. The van der Waals surface area contributed by atoms with Crippen LogP contribution in [0.3, 0.4) is 0 Å². The number of aromatic nitrogens is 2. The van der Waals surface area contributed by atoms with Gasteiger partial charge in [-0.1, -0.05) is 42.5 Å². The predicted molar refractivity (Wildman–Crippen MR) is 113 cm³/mol. The minimum absolute atomic E-state index is 0.00745. The Balaban J connectivity index is 1.63. The average molecular weight is 380 g/mol. The molecular weight excluding hydrogens is 350 g/mol. The van der Waals surface area contributed by atoms with E-state index in [4.69, 9.17) is 0 Å². The monoisotopic (exact) mass is 379 g/mol. The number of rotatable bonds is 7. The summed E-state index contributed by atoms with van der Waals surface area (Å²) < 4.78 is 2.09. The number of hydrogen-bond acceptors (Lipinski definition) is 3. The van der Waals surface area contributed by atoms with Crippen molar-refractivity contribution >= 4 is 17.1 Å². The normalized spacial score (nSPS) is 12.3. The van der Waals surface area contributed by atoms with E-state index in [1.807, 2.05) is 64.6 Å². The molecular formula is C22H29N5O. The zero-order valence-electron chi connectivity index (χ0n) is 17.1. The Bertz CT molecular complexity index is 919. The van der Waals surface area contributed by atoms with Gasteiger partial charge in [0.1, 0.15) is 5.82 Å². The Morgan fingerprint density at radius 3 is 2.43 bits per heavy atom. The number of hydrogen-bond donors (Lipinski definition) is 1. The van der Waals surface area contributed by atoms with Crippen molar-refractivity contribution in [1.29, 1.82) is 0 Å². The Labute approximate surface area is 166 Å². The lowest BCUT2D eigenvalue weighted by Crippen LogP contribution is -2.43. The molecule has 3 aromatic rings. The maximum atomic E-state index is 12.8. The third kappa shape index (κ3) is 4.51. The first-order valence-corrected chi connectivity index (χ1v) is 9.58. The number of aryl methyl sites for hydroxylation is 1. The van der Waals surface area contributed by atoms with E-state index in [0.717, 1.165) is 29.0 Å². The van der Waals surface area contributed by atoms with Crippen molar-refractivity contribution in [1.82, 2.24) is 24.7 Å². The van der Waals surface area contributed by atoms with Crippen LogP contribution in [0.2, 0.25) is 0 Å². The van der Waals surface area contributed by atoms with Crippen LogP contribution in [0.15, 0.2) is 54.6 Å². The first-order valence-electron chi connectivity index (χ1n) is 9.58. The molecule has 1 N–H and O–H groups in total. The first kappa shape index (κ1) is 19.9. The standard InChI is InChI=1S/C22H29N5O/c1-25(2)16-20(17-10-6-5-7-11-17)27(4)22(28)23-15-14-21-24-18-12-8-9-13-19(18)26(21)3/h5-13,20H,14-16H2,1-4H3,(H,23,28)/t20-/m1/s1. The Morgan fingerprint density at radius 2 is 1.75 bits per heavy atom. The Hall–Kier alpha value is -2.86. The highest BCUT2D eigenvalue weighted by molar-refractivity contribution is 5.76. The molecule has 6 heteroatoms. The molecule has 0 saturated carbocycles. The summed E-state index contributed by atoms with van der Waals surface area (Å²) in [5.74, 6) is 0.969. The van der Waals surface area contributed by atoms with Crippen LogP contribution in [-0.4, -0.2) is 59.6 Å². The van der Waals surface area contributed by atoms with Gasteiger partial charge >= 0.3 is 6.03 Å². The summed E-state index contributed by atoms with van der Waals surface area (Å²) in [5, 5.41) is 3.04. The number of fused-ring (bicyclic) bond motifs is 1. The molecule has 0 saturated heterocycles. The van der Waals surface area contributed by atoms with Crippen LogP contribution in [0.1, 0.15) is 17.4 Å². The van der Waals surface area contributed by atoms with Crippen molar-refractivity contribution in [3.05, 3.63) is 66.0 Å². The van der Waals surface area contributed by atoms with Gasteiger partial charge in [0, 0.05) is 33.6 Å². The van der Waals surface area contributed by atoms with Crippen LogP contribution < -0.4 is 5.32 Å². The van der Waals surface area contributed by atoms with E-state index in [0.29, 0.717) is 13.0 Å². The van der Waals surface area contributed by atoms with Crippen LogP contribution >= 0.6 is 0 Å². The predicted octanol–water partition coefficient (Wildman–Crippen LogP) is 3.06. The molecule has 2 aromatic carbocycles.